The molecule has 34 heavy (non-hydrogen) atoms. The molecule has 4 rings (SSSR count). The van der Waals surface area contributed by atoms with E-state index in [0.29, 0.717) is 29.9 Å². The molecule has 2 unspecified atom stereocenters. The number of carbonyl (C=O) groups excluding carboxylic acids is 2. The molecule has 0 aliphatic heterocycles. The minimum atomic E-state index is -4.82. The zero-order valence-electron chi connectivity index (χ0n) is 19.8. The lowest BCUT2D eigenvalue weighted by molar-refractivity contribution is -0.173. The minimum Gasteiger partial charge on any atom is -0.393 e. The molecular formula is C25H37F3N2O3S. The first-order valence-corrected chi connectivity index (χ1v) is 13.8. The van der Waals surface area contributed by atoms with Crippen LogP contribution in [-0.2, 0) is 9.59 Å². The van der Waals surface area contributed by atoms with Crippen LogP contribution in [0.5, 0.6) is 0 Å². The van der Waals surface area contributed by atoms with Crippen molar-refractivity contribution in [2.45, 2.75) is 88.7 Å². The average molecular weight is 503 g/mol. The number of nitrogens with one attached hydrogen (secondary N) is 2. The van der Waals surface area contributed by atoms with Gasteiger partial charge < -0.3 is 15.8 Å². The maximum atomic E-state index is 12.7. The number of thioether (sulfide) groups is 1. The average Bonchev–Trinajstić information content (AvgIpc) is 3.13. The molecule has 4 fully saturated rings. The highest BCUT2D eigenvalue weighted by Crippen LogP contribution is 2.65. The second-order valence-corrected chi connectivity index (χ2v) is 12.6. The number of carbonyl (C=O) groups is 2. The maximum Gasteiger partial charge on any atom is 0.471 e. The van der Waals surface area contributed by atoms with Gasteiger partial charge in [-0.1, -0.05) is 6.92 Å². The van der Waals surface area contributed by atoms with E-state index in [1.165, 1.54) is 6.21 Å². The highest BCUT2D eigenvalue weighted by Gasteiger charge is 2.63. The summed E-state index contributed by atoms with van der Waals surface area (Å²) >= 11 is 1.85. The van der Waals surface area contributed by atoms with Crippen LogP contribution in [0.3, 0.4) is 0 Å². The molecule has 192 valence electrons. The minimum absolute atomic E-state index is 0.0347. The van der Waals surface area contributed by atoms with Crippen molar-refractivity contribution in [2.24, 2.45) is 34.5 Å². The second kappa shape index (κ2) is 9.75. The third-order valence-electron chi connectivity index (χ3n) is 9.69. The molecule has 0 aromatic rings. The molecule has 3 N–H and O–H groups in total. The number of hydrogen-bond acceptors (Lipinski definition) is 5. The van der Waals surface area contributed by atoms with Crippen molar-refractivity contribution in [1.82, 2.24) is 5.32 Å². The Hall–Kier alpha value is -1.09. The normalized spacial score (nSPS) is 41.9. The van der Waals surface area contributed by atoms with E-state index >= 15 is 0 Å². The Balaban J connectivity index is 1.29. The largest absolute Gasteiger partial charge is 0.471 e. The first-order chi connectivity index (χ1) is 16.0. The molecule has 0 spiro atoms. The highest BCUT2D eigenvalue weighted by molar-refractivity contribution is 7.99. The molecular weight excluding hydrogens is 465 g/mol. The van der Waals surface area contributed by atoms with Crippen LogP contribution in [0, 0.1) is 39.9 Å². The monoisotopic (exact) mass is 502 g/mol. The van der Waals surface area contributed by atoms with E-state index in [4.69, 9.17) is 5.41 Å². The van der Waals surface area contributed by atoms with Crippen molar-refractivity contribution in [3.8, 4) is 0 Å². The van der Waals surface area contributed by atoms with Crippen molar-refractivity contribution >= 4 is 29.7 Å². The second-order valence-electron chi connectivity index (χ2n) is 11.2. The van der Waals surface area contributed by atoms with Gasteiger partial charge in [-0.05, 0) is 92.6 Å². The number of aliphatic hydroxyl groups excluding tert-OH is 1. The number of hydrogen-bond donors (Lipinski definition) is 3. The summed E-state index contributed by atoms with van der Waals surface area (Å²) in [5, 5.41) is 21.6. The third-order valence-corrected chi connectivity index (χ3v) is 11.1. The van der Waals surface area contributed by atoms with Gasteiger partial charge in [0.05, 0.1) is 11.5 Å². The zero-order valence-corrected chi connectivity index (χ0v) is 20.6. The van der Waals surface area contributed by atoms with Gasteiger partial charge in [-0.25, -0.2) is 0 Å². The summed E-state index contributed by atoms with van der Waals surface area (Å²) in [5.41, 5.74) is -0.530. The lowest BCUT2D eigenvalue weighted by atomic mass is 9.44. The topological polar surface area (TPSA) is 90.2 Å². The fourth-order valence-corrected chi connectivity index (χ4v) is 9.29. The molecule has 4 aliphatic rings. The van der Waals surface area contributed by atoms with Gasteiger partial charge >= 0.3 is 12.1 Å². The number of amides is 1. The predicted octanol–water partition coefficient (Wildman–Crippen LogP) is 4.76. The molecule has 0 aromatic heterocycles. The van der Waals surface area contributed by atoms with Crippen molar-refractivity contribution in [3.05, 3.63) is 0 Å². The van der Waals surface area contributed by atoms with Gasteiger partial charge in [-0.3, -0.25) is 9.59 Å². The van der Waals surface area contributed by atoms with Crippen molar-refractivity contribution in [2.75, 3.05) is 12.3 Å². The molecule has 1 amide bonds. The summed E-state index contributed by atoms with van der Waals surface area (Å²) in [5.74, 6) is 0.431. The van der Waals surface area contributed by atoms with Crippen molar-refractivity contribution in [1.29, 1.82) is 5.41 Å². The van der Waals surface area contributed by atoms with Gasteiger partial charge in [-0.2, -0.15) is 24.9 Å². The predicted molar refractivity (Wildman–Crippen MR) is 126 cm³/mol. The third kappa shape index (κ3) is 4.56. The first kappa shape index (κ1) is 26.0. The van der Waals surface area contributed by atoms with Crippen LogP contribution < -0.4 is 5.32 Å². The molecule has 0 aromatic carbocycles. The van der Waals surface area contributed by atoms with E-state index in [1.54, 1.807) is 0 Å². The SMILES string of the molecule is C[C@]12CC[C@@H](SCCCCNC(=O)C(F)(F)F)CC1C(O)C[C@@H]1[C@@H]2CC[C@]2(C=N)C(=O)CC[C@@H]12. The number of aliphatic hydroxyl groups is 1. The van der Waals surface area contributed by atoms with Crippen LogP contribution in [0.2, 0.25) is 0 Å². The molecule has 0 heterocycles. The van der Waals surface area contributed by atoms with E-state index in [-0.39, 0.29) is 35.7 Å². The van der Waals surface area contributed by atoms with E-state index in [9.17, 15) is 27.9 Å². The zero-order chi connectivity index (χ0) is 24.7. The van der Waals surface area contributed by atoms with Gasteiger partial charge in [0.1, 0.15) is 5.78 Å². The number of rotatable bonds is 7. The van der Waals surface area contributed by atoms with E-state index in [0.717, 1.165) is 57.1 Å². The highest BCUT2D eigenvalue weighted by atomic mass is 32.2. The Morgan fingerprint density at radius 1 is 1.18 bits per heavy atom. The molecule has 5 nitrogen and oxygen atoms in total. The molecule has 0 saturated heterocycles. The number of fused-ring (bicyclic) bond motifs is 5. The molecule has 4 aliphatic carbocycles. The van der Waals surface area contributed by atoms with E-state index in [2.05, 4.69) is 6.92 Å². The molecule has 8 atom stereocenters. The van der Waals surface area contributed by atoms with Crippen LogP contribution in [0.25, 0.3) is 0 Å². The summed E-state index contributed by atoms with van der Waals surface area (Å²) in [6.07, 6.45) is 4.44. The number of unbranched alkanes of at least 4 members (excludes halogenated alkanes) is 1. The Kier molecular flexibility index (Phi) is 7.45. The van der Waals surface area contributed by atoms with Crippen LogP contribution in [0.4, 0.5) is 13.2 Å². The fraction of sp³-hybridized carbons (Fsp3) is 0.880. The van der Waals surface area contributed by atoms with Crippen LogP contribution in [0.15, 0.2) is 0 Å². The maximum absolute atomic E-state index is 12.7. The molecule has 9 heteroatoms. The number of Topliss-reactive ketones (excluding diaryl/α,β-unsaturated/α-hetero) is 1. The van der Waals surface area contributed by atoms with Crippen molar-refractivity contribution < 1.29 is 27.9 Å². The van der Waals surface area contributed by atoms with Crippen LogP contribution in [0.1, 0.15) is 71.1 Å². The van der Waals surface area contributed by atoms with Crippen LogP contribution in [-0.4, -0.2) is 52.8 Å². The summed E-state index contributed by atoms with van der Waals surface area (Å²) in [6, 6.07) is 0. The van der Waals surface area contributed by atoms with Gasteiger partial charge in [0.25, 0.3) is 0 Å². The number of halogens is 3. The van der Waals surface area contributed by atoms with Crippen LogP contribution >= 0.6 is 11.8 Å². The number of ketones is 1. The van der Waals surface area contributed by atoms with Crippen molar-refractivity contribution in [3.63, 3.8) is 0 Å². The van der Waals surface area contributed by atoms with E-state index < -0.39 is 17.5 Å². The fourth-order valence-electron chi connectivity index (χ4n) is 7.96. The smallest absolute Gasteiger partial charge is 0.393 e. The Morgan fingerprint density at radius 2 is 1.94 bits per heavy atom. The Morgan fingerprint density at radius 3 is 2.65 bits per heavy atom. The molecule has 0 bridgehead atoms. The Bertz CT molecular complexity index is 809. The summed E-state index contributed by atoms with van der Waals surface area (Å²) in [4.78, 5) is 23.5. The van der Waals surface area contributed by atoms with E-state index in [1.807, 2.05) is 17.1 Å². The van der Waals surface area contributed by atoms with Gasteiger partial charge in [0, 0.05) is 24.4 Å². The number of alkyl halides is 3. The summed E-state index contributed by atoms with van der Waals surface area (Å²) in [7, 11) is 0. The lowest BCUT2D eigenvalue weighted by Crippen LogP contribution is -2.58. The van der Waals surface area contributed by atoms with Gasteiger partial charge in [0.2, 0.25) is 0 Å². The first-order valence-electron chi connectivity index (χ1n) is 12.7. The van der Waals surface area contributed by atoms with Gasteiger partial charge in [0.15, 0.2) is 0 Å². The van der Waals surface area contributed by atoms with Gasteiger partial charge in [-0.15, -0.1) is 0 Å². The summed E-state index contributed by atoms with van der Waals surface area (Å²) in [6.45, 7) is 2.38. The quantitative estimate of drug-likeness (QED) is 0.346. The standard InChI is InChI=1S/C25H37F3N2O3S/c1-23-8-6-15(34-11-3-2-10-30-22(33)25(26,27)28)12-19(23)20(31)13-16-17(23)7-9-24(14-29)18(16)4-5-21(24)32/h14-20,29,31H,2-13H2,1H3,(H,30,33)/t15-,16-,17+,18+,19?,20?,23-,24-/m1/s1. The summed E-state index contributed by atoms with van der Waals surface area (Å²) < 4.78 is 36.7. The molecule has 4 saturated carbocycles. The molecule has 0 radical (unpaired) electrons. The Labute approximate surface area is 203 Å². The lowest BCUT2D eigenvalue weighted by Gasteiger charge is -2.61.